The number of pyridine rings is 1. The van der Waals surface area contributed by atoms with Gasteiger partial charge in [-0.2, -0.15) is 0 Å². The third-order valence-corrected chi connectivity index (χ3v) is 22.1. The minimum atomic E-state index is -2.54. The summed E-state index contributed by atoms with van der Waals surface area (Å²) in [6.45, 7) is 34.9. The van der Waals surface area contributed by atoms with Gasteiger partial charge in [-0.3, -0.25) is 34.1 Å². The number of amides is 4. The molecule has 3 aliphatic heterocycles. The van der Waals surface area contributed by atoms with Crippen molar-refractivity contribution < 1.29 is 37.9 Å². The van der Waals surface area contributed by atoms with Crippen molar-refractivity contribution in [1.29, 1.82) is 0 Å². The van der Waals surface area contributed by atoms with E-state index in [9.17, 15) is 14.4 Å². The lowest BCUT2D eigenvalue weighted by atomic mass is 9.83. The van der Waals surface area contributed by atoms with Gasteiger partial charge in [0.1, 0.15) is 35.5 Å². The third-order valence-electron chi connectivity index (χ3n) is 16.1. The monoisotopic (exact) mass is 1080 g/mol. The second-order valence-corrected chi connectivity index (χ2v) is 30.7. The van der Waals surface area contributed by atoms with Crippen LogP contribution in [0.25, 0.3) is 33.3 Å². The molecule has 0 spiro atoms. The molecule has 4 amide bonds. The molecule has 2 N–H and O–H groups in total. The molecule has 7 rings (SSSR count). The Morgan fingerprint density at radius 2 is 1.61 bits per heavy atom. The molecule has 4 atom stereocenters. The highest BCUT2D eigenvalue weighted by Crippen LogP contribution is 2.45. The number of nitrogens with zero attached hydrogens (tertiary/aromatic N) is 5. The summed E-state index contributed by atoms with van der Waals surface area (Å²) in [6, 6.07) is 13.3. The van der Waals surface area contributed by atoms with Crippen LogP contribution in [0.2, 0.25) is 16.6 Å². The van der Waals surface area contributed by atoms with Crippen LogP contribution in [-0.4, -0.2) is 119 Å². The summed E-state index contributed by atoms with van der Waals surface area (Å²) in [5.74, 6) is -1.30. The number of cyclic esters (lactones) is 1. The molecule has 6 bridgehead atoms. The van der Waals surface area contributed by atoms with E-state index < -0.39 is 67.4 Å². The smallest absolute Gasteiger partial charge is 0.410 e. The van der Waals surface area contributed by atoms with Crippen LogP contribution in [0.15, 0.2) is 54.7 Å². The van der Waals surface area contributed by atoms with Gasteiger partial charge >= 0.3 is 12.1 Å². The summed E-state index contributed by atoms with van der Waals surface area (Å²) < 4.78 is 21.7. The minimum Gasteiger partial charge on any atom is -0.543 e. The van der Waals surface area contributed by atoms with Gasteiger partial charge in [-0.05, 0) is 140 Å². The number of nitrogens with one attached hydrogen (secondary N) is 2. The average molecular weight is 1080 g/mol. The highest BCUT2D eigenvalue weighted by Gasteiger charge is 2.48. The molecule has 5 heterocycles. The van der Waals surface area contributed by atoms with Crippen LogP contribution in [-0.2, 0) is 48.0 Å². The normalized spacial score (nSPS) is 19.8. The number of aromatic nitrogens is 2. The molecule has 2 saturated heterocycles. The van der Waals surface area contributed by atoms with Crippen molar-refractivity contribution in [2.24, 2.45) is 11.3 Å². The molecule has 4 aromatic rings. The van der Waals surface area contributed by atoms with Crippen LogP contribution in [0.4, 0.5) is 4.79 Å². The van der Waals surface area contributed by atoms with Gasteiger partial charge < -0.3 is 28.7 Å². The summed E-state index contributed by atoms with van der Waals surface area (Å²) in [7, 11) is -0.965. The standard InChI is InChI=1S/C61H89N7O8Si/c1-18-66-50-24-23-42-33-46(50)47(54(66)45-21-19-26-62-52(45)36(2)3)34-61(15,16)35-74-58(72)48-22-20-27-68(64-48)56(70)49(31-41-29-43(42)32-44(30-41)76-77(38(6)7,39(8)9)40(10)11)63-55(69)53(37(4)5)65(17)57(71)51-25-28-67(51)59(73)75-60(12,13)14/h19,21,23-24,26,29-30,32-33,36-40,48-49,51,53,64H,18,20,22,25,27-28,31,34-35H2,1-17H3,(H,63,69)/t48-,49-,51+,53-/m0/s1. The summed E-state index contributed by atoms with van der Waals surface area (Å²) in [5, 5.41) is 5.68. The van der Waals surface area contributed by atoms with Crippen LogP contribution < -0.4 is 15.2 Å². The zero-order valence-electron chi connectivity index (χ0n) is 49.3. The van der Waals surface area contributed by atoms with E-state index in [2.05, 4.69) is 128 Å². The van der Waals surface area contributed by atoms with Crippen molar-refractivity contribution in [2.45, 2.75) is 202 Å². The number of aryl methyl sites for hydroxylation is 1. The molecule has 2 aromatic carbocycles. The number of fused-ring (bicyclic) bond motifs is 6. The molecule has 420 valence electrons. The summed E-state index contributed by atoms with van der Waals surface area (Å²) >= 11 is 0. The second kappa shape index (κ2) is 23.3. The molecule has 0 saturated carbocycles. The number of hydrogen-bond acceptors (Lipinski definition) is 10. The van der Waals surface area contributed by atoms with E-state index in [-0.39, 0.29) is 47.4 Å². The second-order valence-electron chi connectivity index (χ2n) is 25.3. The first kappa shape index (κ1) is 58.9. The zero-order valence-corrected chi connectivity index (χ0v) is 50.3. The lowest BCUT2D eigenvalue weighted by Gasteiger charge is -2.43. The quantitative estimate of drug-likeness (QED) is 0.0972. The molecule has 2 aromatic heterocycles. The summed E-state index contributed by atoms with van der Waals surface area (Å²) in [5.41, 5.74) is 10.8. The van der Waals surface area contributed by atoms with E-state index in [0.717, 1.165) is 50.1 Å². The lowest BCUT2D eigenvalue weighted by Crippen LogP contribution is -2.64. The Morgan fingerprint density at radius 3 is 2.21 bits per heavy atom. The number of benzene rings is 2. The van der Waals surface area contributed by atoms with Crippen LogP contribution >= 0.6 is 0 Å². The van der Waals surface area contributed by atoms with Crippen LogP contribution in [0.3, 0.4) is 0 Å². The molecule has 0 unspecified atom stereocenters. The number of carbonyl (C=O) groups excluding carboxylic acids is 5. The largest absolute Gasteiger partial charge is 0.543 e. The van der Waals surface area contributed by atoms with E-state index in [1.165, 1.54) is 14.8 Å². The van der Waals surface area contributed by atoms with E-state index >= 15 is 9.59 Å². The van der Waals surface area contributed by atoms with Gasteiger partial charge in [0.2, 0.25) is 11.8 Å². The van der Waals surface area contributed by atoms with E-state index in [1.807, 2.05) is 32.2 Å². The number of rotatable bonds is 13. The van der Waals surface area contributed by atoms with Gasteiger partial charge in [-0.25, -0.2) is 10.2 Å². The molecule has 15 nitrogen and oxygen atoms in total. The minimum absolute atomic E-state index is 0.0657. The van der Waals surface area contributed by atoms with Crippen molar-refractivity contribution in [3.8, 4) is 28.1 Å². The number of likely N-dealkylation sites (N-methyl/N-ethyl adjacent to an activating group) is 1. The van der Waals surface area contributed by atoms with Crippen molar-refractivity contribution in [3.63, 3.8) is 0 Å². The Morgan fingerprint density at radius 1 is 0.922 bits per heavy atom. The number of likely N-dealkylation sites (tertiary alicyclic amines) is 1. The fourth-order valence-electron chi connectivity index (χ4n) is 12.4. The van der Waals surface area contributed by atoms with E-state index in [1.54, 1.807) is 27.8 Å². The van der Waals surface area contributed by atoms with Crippen molar-refractivity contribution in [2.75, 3.05) is 26.7 Å². The molecule has 16 heteroatoms. The topological polar surface area (TPSA) is 165 Å². The van der Waals surface area contributed by atoms with Crippen LogP contribution in [0, 0.1) is 11.3 Å². The SMILES string of the molecule is CCn1c(-c2cccnc2C(C)C)c2c3cc(ccc31)-c1cc(cc(O[Si](C(C)C)(C(C)C)C(C)C)c1)C[C@H](NC(=O)[C@H](C(C)C)N(C)C(=O)[C@H]1CCN1C(=O)OC(C)(C)C)C(=O)N1CCC[C@H](N1)C(=O)OCC(C)(C)C2. The highest BCUT2D eigenvalue weighted by molar-refractivity contribution is 6.78. The number of hydrazine groups is 1. The molecule has 2 fully saturated rings. The fraction of sp³-hybridized carbons (Fsp3) is 0.607. The summed E-state index contributed by atoms with van der Waals surface area (Å²) in [4.78, 5) is 79.7. The predicted molar refractivity (Wildman–Crippen MR) is 307 cm³/mol. The van der Waals surface area contributed by atoms with Gasteiger partial charge in [-0.15, -0.1) is 0 Å². The molecule has 0 radical (unpaired) electrons. The Hall–Kier alpha value is -5.74. The Bertz CT molecular complexity index is 2810. The van der Waals surface area contributed by atoms with Gasteiger partial charge in [0.05, 0.1) is 18.0 Å². The first-order chi connectivity index (χ1) is 36.1. The summed E-state index contributed by atoms with van der Waals surface area (Å²) in [6.07, 6.45) is 3.34. The molecular weight excluding hydrogens is 987 g/mol. The maximum Gasteiger partial charge on any atom is 0.410 e. The maximum atomic E-state index is 15.3. The first-order valence-electron chi connectivity index (χ1n) is 28.3. The van der Waals surface area contributed by atoms with Gasteiger partial charge in [0.25, 0.3) is 14.2 Å². The van der Waals surface area contributed by atoms with Gasteiger partial charge in [-0.1, -0.05) is 95.2 Å². The lowest BCUT2D eigenvalue weighted by molar-refractivity contribution is -0.155. The predicted octanol–water partition coefficient (Wildman–Crippen LogP) is 11.2. The molecule has 3 aliphatic rings. The Labute approximate surface area is 459 Å². The van der Waals surface area contributed by atoms with Crippen molar-refractivity contribution >= 4 is 49.0 Å². The Kier molecular flexibility index (Phi) is 17.8. The number of ether oxygens (including phenoxy) is 2. The maximum absolute atomic E-state index is 15.3. The Balaban J connectivity index is 1.40. The highest BCUT2D eigenvalue weighted by atomic mass is 28.4. The third kappa shape index (κ3) is 12.4. The molecule has 0 aliphatic carbocycles. The van der Waals surface area contributed by atoms with Gasteiger partial charge in [0.15, 0.2) is 0 Å². The van der Waals surface area contributed by atoms with Crippen LogP contribution in [0.5, 0.6) is 5.75 Å². The number of esters is 1. The number of hydrogen-bond donors (Lipinski definition) is 2. The number of carbonyl (C=O) groups is 5. The average Bonchev–Trinajstić information content (AvgIpc) is 3.63. The molecule has 77 heavy (non-hydrogen) atoms. The van der Waals surface area contributed by atoms with Crippen LogP contribution in [0.1, 0.15) is 153 Å². The van der Waals surface area contributed by atoms with E-state index in [4.69, 9.17) is 18.9 Å². The van der Waals surface area contributed by atoms with Gasteiger partial charge in [0, 0.05) is 61.2 Å². The first-order valence-corrected chi connectivity index (χ1v) is 30.5. The molecular formula is C61H89N7O8Si. The van der Waals surface area contributed by atoms with E-state index in [0.29, 0.717) is 51.1 Å². The van der Waals surface area contributed by atoms with Crippen molar-refractivity contribution in [1.82, 2.24) is 35.1 Å². The van der Waals surface area contributed by atoms with Crippen molar-refractivity contribution in [3.05, 3.63) is 71.5 Å². The zero-order chi connectivity index (χ0) is 56.6. The fourth-order valence-corrected chi connectivity index (χ4v) is 17.7.